The summed E-state index contributed by atoms with van der Waals surface area (Å²) < 4.78 is 38.3. The summed E-state index contributed by atoms with van der Waals surface area (Å²) in [6.07, 6.45) is -6.48. The third-order valence-electron chi connectivity index (χ3n) is 5.60. The molecule has 0 saturated carbocycles. The third kappa shape index (κ3) is 7.89. The molecule has 0 aliphatic carbocycles. The number of carbonyl (C=O) groups excluding carboxylic acids is 5. The Hall–Kier alpha value is -3.71. The van der Waals surface area contributed by atoms with E-state index in [4.69, 9.17) is 33.2 Å². The van der Waals surface area contributed by atoms with Crippen LogP contribution in [0.15, 0.2) is 24.3 Å². The van der Waals surface area contributed by atoms with Gasteiger partial charge in [-0.05, 0) is 24.3 Å². The van der Waals surface area contributed by atoms with Gasteiger partial charge in [0.25, 0.3) is 5.91 Å². The highest BCUT2D eigenvalue weighted by Crippen LogP contribution is 2.31. The van der Waals surface area contributed by atoms with Crippen molar-refractivity contribution in [3.05, 3.63) is 29.8 Å². The minimum absolute atomic E-state index is 0.160. The Bertz CT molecular complexity index is 1020. The lowest BCUT2D eigenvalue weighted by molar-refractivity contribution is -0.288. The Morgan fingerprint density at radius 1 is 0.789 bits per heavy atom. The highest BCUT2D eigenvalue weighted by Gasteiger charge is 2.53. The molecule has 1 aromatic rings. The van der Waals surface area contributed by atoms with Gasteiger partial charge in [-0.3, -0.25) is 24.0 Å². The van der Waals surface area contributed by atoms with Crippen LogP contribution >= 0.6 is 0 Å². The van der Waals surface area contributed by atoms with Crippen LogP contribution < -0.4 is 4.74 Å². The van der Waals surface area contributed by atoms with Gasteiger partial charge in [-0.25, -0.2) is 0 Å². The van der Waals surface area contributed by atoms with E-state index in [0.29, 0.717) is 31.9 Å². The Morgan fingerprint density at radius 3 is 1.89 bits per heavy atom. The number of rotatable bonds is 8. The zero-order valence-electron chi connectivity index (χ0n) is 21.6. The molecule has 2 heterocycles. The smallest absolute Gasteiger partial charge is 0.303 e. The van der Waals surface area contributed by atoms with E-state index in [-0.39, 0.29) is 18.3 Å². The molecule has 1 aromatic carbocycles. The van der Waals surface area contributed by atoms with Gasteiger partial charge in [0.05, 0.1) is 13.2 Å². The molecule has 38 heavy (non-hydrogen) atoms. The molecule has 0 N–H and O–H groups in total. The standard InChI is InChI=1S/C25H31NO12/c1-14(27)33-13-20-21(34-15(2)28)22(35-16(3)29)23(36-17(4)30)25(38-20)37-19-7-5-18(6-8-19)24(31)26-9-11-32-12-10-26/h5-8,20-23,25H,9-13H2,1-4H3/t20-,21-,22+,23+,25-/m1/s1. The second kappa shape index (κ2) is 13.2. The molecule has 0 radical (unpaired) electrons. The number of esters is 4. The van der Waals surface area contributed by atoms with Crippen LogP contribution in [0.3, 0.4) is 0 Å². The van der Waals surface area contributed by atoms with Crippen molar-refractivity contribution in [2.75, 3.05) is 32.9 Å². The highest BCUT2D eigenvalue weighted by molar-refractivity contribution is 5.94. The van der Waals surface area contributed by atoms with E-state index in [1.807, 2.05) is 0 Å². The SMILES string of the molecule is CC(=O)OC[C@H]1O[C@@H](Oc2ccc(C(=O)N3CCOCC3)cc2)[C@@H](OC(C)=O)[C@@H](OC(C)=O)[C@@H]1OC(C)=O. The van der Waals surface area contributed by atoms with Gasteiger partial charge < -0.3 is 38.1 Å². The number of hydrogen-bond acceptors (Lipinski definition) is 12. The third-order valence-corrected chi connectivity index (χ3v) is 5.60. The van der Waals surface area contributed by atoms with E-state index in [9.17, 15) is 24.0 Å². The molecule has 0 aromatic heterocycles. The molecule has 208 valence electrons. The van der Waals surface area contributed by atoms with Gasteiger partial charge in [-0.15, -0.1) is 0 Å². The quantitative estimate of drug-likeness (QED) is 0.337. The summed E-state index contributed by atoms with van der Waals surface area (Å²) >= 11 is 0. The first-order chi connectivity index (χ1) is 18.0. The van der Waals surface area contributed by atoms with E-state index >= 15 is 0 Å². The zero-order chi connectivity index (χ0) is 27.8. The molecule has 5 atom stereocenters. The number of ether oxygens (including phenoxy) is 7. The summed E-state index contributed by atoms with van der Waals surface area (Å²) in [6, 6.07) is 6.20. The normalized spacial score (nSPS) is 25.1. The lowest BCUT2D eigenvalue weighted by Crippen LogP contribution is -2.63. The molecule has 13 nitrogen and oxygen atoms in total. The van der Waals surface area contributed by atoms with E-state index in [1.165, 1.54) is 19.1 Å². The predicted molar refractivity (Wildman–Crippen MR) is 126 cm³/mol. The minimum Gasteiger partial charge on any atom is -0.463 e. The number of amides is 1. The van der Waals surface area contributed by atoms with Crippen molar-refractivity contribution in [1.82, 2.24) is 4.90 Å². The van der Waals surface area contributed by atoms with Gasteiger partial charge in [0.1, 0.15) is 18.5 Å². The summed E-state index contributed by atoms with van der Waals surface area (Å²) in [5.74, 6) is -2.76. The van der Waals surface area contributed by atoms with Crippen LogP contribution in [-0.2, 0) is 47.6 Å². The van der Waals surface area contributed by atoms with Crippen molar-refractivity contribution in [2.24, 2.45) is 0 Å². The van der Waals surface area contributed by atoms with Crippen LogP contribution in [0.4, 0.5) is 0 Å². The van der Waals surface area contributed by atoms with Crippen molar-refractivity contribution < 1.29 is 57.1 Å². The lowest BCUT2D eigenvalue weighted by atomic mass is 9.98. The second-order valence-corrected chi connectivity index (χ2v) is 8.61. The van der Waals surface area contributed by atoms with E-state index in [2.05, 4.69) is 0 Å². The maximum atomic E-state index is 12.7. The van der Waals surface area contributed by atoms with Crippen LogP contribution in [0.5, 0.6) is 5.75 Å². The molecule has 2 aliphatic rings. The molecule has 0 spiro atoms. The minimum atomic E-state index is -1.36. The Kier molecular flexibility index (Phi) is 10.0. The Morgan fingerprint density at radius 2 is 1.34 bits per heavy atom. The molecule has 2 fully saturated rings. The maximum absolute atomic E-state index is 12.7. The van der Waals surface area contributed by atoms with E-state index < -0.39 is 54.6 Å². The topological polar surface area (TPSA) is 153 Å². The number of carbonyl (C=O) groups is 5. The highest BCUT2D eigenvalue weighted by atomic mass is 16.7. The van der Waals surface area contributed by atoms with Crippen molar-refractivity contribution in [1.29, 1.82) is 0 Å². The molecular formula is C25H31NO12. The lowest BCUT2D eigenvalue weighted by Gasteiger charge is -2.43. The van der Waals surface area contributed by atoms with Crippen LogP contribution in [0.2, 0.25) is 0 Å². The van der Waals surface area contributed by atoms with Gasteiger partial charge >= 0.3 is 23.9 Å². The molecule has 2 saturated heterocycles. The van der Waals surface area contributed by atoms with Crippen LogP contribution in [0.1, 0.15) is 38.1 Å². The molecule has 3 rings (SSSR count). The average molecular weight is 538 g/mol. The van der Waals surface area contributed by atoms with E-state index in [0.717, 1.165) is 20.8 Å². The summed E-state index contributed by atoms with van der Waals surface area (Å²) in [5, 5.41) is 0. The summed E-state index contributed by atoms with van der Waals surface area (Å²) in [4.78, 5) is 61.6. The summed E-state index contributed by atoms with van der Waals surface area (Å²) in [5.41, 5.74) is 0.431. The van der Waals surface area contributed by atoms with Crippen LogP contribution in [-0.4, -0.2) is 98.3 Å². The van der Waals surface area contributed by atoms with Crippen LogP contribution in [0, 0.1) is 0 Å². The first-order valence-electron chi connectivity index (χ1n) is 12.0. The fraction of sp³-hybridized carbons (Fsp3) is 0.560. The van der Waals surface area contributed by atoms with Gasteiger partial charge in [0, 0.05) is 46.3 Å². The monoisotopic (exact) mass is 537 g/mol. The second-order valence-electron chi connectivity index (χ2n) is 8.61. The Balaban J connectivity index is 1.87. The fourth-order valence-electron chi connectivity index (χ4n) is 4.04. The summed E-state index contributed by atoms with van der Waals surface area (Å²) in [6.45, 7) is 6.13. The number of benzene rings is 1. The van der Waals surface area contributed by atoms with Gasteiger partial charge in [0.15, 0.2) is 12.2 Å². The van der Waals surface area contributed by atoms with Crippen LogP contribution in [0.25, 0.3) is 0 Å². The average Bonchev–Trinajstić information content (AvgIpc) is 2.86. The molecule has 0 bridgehead atoms. The number of nitrogens with zero attached hydrogens (tertiary/aromatic N) is 1. The molecular weight excluding hydrogens is 506 g/mol. The Labute approximate surface area is 219 Å². The predicted octanol–water partition coefficient (Wildman–Crippen LogP) is 0.621. The van der Waals surface area contributed by atoms with Crippen molar-refractivity contribution in [3.63, 3.8) is 0 Å². The van der Waals surface area contributed by atoms with Gasteiger partial charge in [-0.1, -0.05) is 0 Å². The number of morpholine rings is 1. The van der Waals surface area contributed by atoms with Crippen molar-refractivity contribution in [3.8, 4) is 5.75 Å². The number of hydrogen-bond donors (Lipinski definition) is 0. The molecule has 2 aliphatic heterocycles. The van der Waals surface area contributed by atoms with E-state index in [1.54, 1.807) is 17.0 Å². The first kappa shape index (κ1) is 28.9. The van der Waals surface area contributed by atoms with Crippen molar-refractivity contribution in [2.45, 2.75) is 58.4 Å². The largest absolute Gasteiger partial charge is 0.463 e. The van der Waals surface area contributed by atoms with Crippen molar-refractivity contribution >= 4 is 29.8 Å². The molecule has 1 amide bonds. The fourth-order valence-corrected chi connectivity index (χ4v) is 4.04. The van der Waals surface area contributed by atoms with Gasteiger partial charge in [0.2, 0.25) is 12.4 Å². The first-order valence-corrected chi connectivity index (χ1v) is 12.0. The summed E-state index contributed by atoms with van der Waals surface area (Å²) in [7, 11) is 0. The molecule has 0 unspecified atom stereocenters. The maximum Gasteiger partial charge on any atom is 0.303 e. The van der Waals surface area contributed by atoms with Gasteiger partial charge in [-0.2, -0.15) is 0 Å². The molecule has 13 heteroatoms. The zero-order valence-corrected chi connectivity index (χ0v) is 21.6.